The van der Waals surface area contributed by atoms with Gasteiger partial charge in [0.25, 0.3) is 0 Å². The van der Waals surface area contributed by atoms with Crippen molar-refractivity contribution in [3.8, 4) is 33.9 Å². The maximum atomic E-state index is 4.68. The van der Waals surface area contributed by atoms with Crippen LogP contribution >= 0.6 is 0 Å². The van der Waals surface area contributed by atoms with Crippen molar-refractivity contribution < 1.29 is 24.7 Å². The molecule has 0 unspecified atom stereocenters. The Labute approximate surface area is 323 Å². The number of hydrogen-bond donors (Lipinski definition) is 0. The number of para-hydroxylation sites is 1. The van der Waals surface area contributed by atoms with Gasteiger partial charge in [-0.05, 0) is 84.4 Å². The summed E-state index contributed by atoms with van der Waals surface area (Å²) in [5, 5.41) is 0. The van der Waals surface area contributed by atoms with Crippen molar-refractivity contribution in [3.63, 3.8) is 0 Å². The van der Waals surface area contributed by atoms with Gasteiger partial charge < -0.3 is 9.38 Å². The van der Waals surface area contributed by atoms with Crippen molar-refractivity contribution in [2.24, 2.45) is 0 Å². The normalized spacial score (nSPS) is 11.9. The van der Waals surface area contributed by atoms with Gasteiger partial charge in [0.05, 0.1) is 12.0 Å². The third kappa shape index (κ3) is 6.96. The van der Waals surface area contributed by atoms with E-state index in [4.69, 9.17) is 0 Å². The van der Waals surface area contributed by atoms with Gasteiger partial charge in [-0.2, -0.15) is 18.2 Å². The first-order valence-electron chi connectivity index (χ1n) is 17.8. The number of rotatable bonds is 6. The SMILES string of the molecule is CC(C)c1cc(-c2ccccc2)cc(C(C)C)c1-n1ccnc1-c1[c-]cccc1.Cc1cccc(C)c1B1N(C)c2ccc[c-]c2-n2[c-]cc[n+]21.[Ir+3]. The number of benzene rings is 5. The molecule has 0 spiro atoms. The zero-order valence-electron chi connectivity index (χ0n) is 30.9. The molecule has 0 bridgehead atoms. The summed E-state index contributed by atoms with van der Waals surface area (Å²) in [4.78, 5) is 6.99. The molecule has 1 aliphatic rings. The molecule has 7 heteroatoms. The third-order valence-corrected chi connectivity index (χ3v) is 9.83. The van der Waals surface area contributed by atoms with E-state index in [9.17, 15) is 0 Å². The zero-order valence-corrected chi connectivity index (χ0v) is 33.3. The Morgan fingerprint density at radius 2 is 1.40 bits per heavy atom. The third-order valence-electron chi connectivity index (χ3n) is 9.83. The van der Waals surface area contributed by atoms with Gasteiger partial charge in [-0.25, -0.2) is 10.7 Å². The summed E-state index contributed by atoms with van der Waals surface area (Å²) in [5.74, 6) is 1.71. The minimum Gasteiger partial charge on any atom is -0.411 e. The molecule has 0 radical (unpaired) electrons. The molecule has 2 aromatic heterocycles. The average Bonchev–Trinajstić information content (AvgIpc) is 3.84. The van der Waals surface area contributed by atoms with E-state index in [0.717, 1.165) is 17.1 Å². The van der Waals surface area contributed by atoms with Gasteiger partial charge in [0.15, 0.2) is 0 Å². The first-order chi connectivity index (χ1) is 24.7. The first-order valence-corrected chi connectivity index (χ1v) is 17.8. The molecule has 7 aromatic rings. The summed E-state index contributed by atoms with van der Waals surface area (Å²) in [7, 11) is 2.15. The summed E-state index contributed by atoms with van der Waals surface area (Å²) < 4.78 is 6.52. The predicted molar refractivity (Wildman–Crippen MR) is 210 cm³/mol. The van der Waals surface area contributed by atoms with Crippen LogP contribution in [0, 0.1) is 32.2 Å². The van der Waals surface area contributed by atoms with E-state index in [0.29, 0.717) is 11.8 Å². The van der Waals surface area contributed by atoms with Gasteiger partial charge >= 0.3 is 27.1 Å². The summed E-state index contributed by atoms with van der Waals surface area (Å²) in [6, 6.07) is 44.6. The van der Waals surface area contributed by atoms with E-state index in [1.165, 1.54) is 50.2 Å². The fourth-order valence-electron chi connectivity index (χ4n) is 7.28. The van der Waals surface area contributed by atoms with Crippen LogP contribution in [-0.2, 0) is 20.1 Å². The van der Waals surface area contributed by atoms with Gasteiger partial charge in [-0.3, -0.25) is 9.67 Å². The van der Waals surface area contributed by atoms with Crippen LogP contribution in [0.4, 0.5) is 5.69 Å². The summed E-state index contributed by atoms with van der Waals surface area (Å²) in [6.45, 7) is 13.6. The van der Waals surface area contributed by atoms with Crippen LogP contribution in [0.15, 0.2) is 128 Å². The molecule has 0 atom stereocenters. The maximum absolute atomic E-state index is 4.68. The van der Waals surface area contributed by atoms with Crippen LogP contribution in [0.2, 0.25) is 0 Å². The molecule has 8 rings (SSSR count). The Hall–Kier alpha value is -4.97. The van der Waals surface area contributed by atoms with Gasteiger partial charge in [0.2, 0.25) is 0 Å². The van der Waals surface area contributed by atoms with Crippen LogP contribution in [-0.4, -0.2) is 28.3 Å². The Morgan fingerprint density at radius 1 is 0.731 bits per heavy atom. The molecule has 0 saturated heterocycles. The Bertz CT molecular complexity index is 2220. The molecule has 5 nitrogen and oxygen atoms in total. The van der Waals surface area contributed by atoms with Gasteiger partial charge in [-0.15, -0.1) is 41.6 Å². The molecule has 0 fully saturated rings. The van der Waals surface area contributed by atoms with Crippen molar-refractivity contribution in [3.05, 3.63) is 168 Å². The molecule has 0 saturated carbocycles. The Balaban J connectivity index is 0.000000181. The molecule has 52 heavy (non-hydrogen) atoms. The van der Waals surface area contributed by atoms with E-state index < -0.39 is 0 Å². The molecule has 5 aromatic carbocycles. The van der Waals surface area contributed by atoms with Crippen molar-refractivity contribution in [1.82, 2.24) is 14.2 Å². The average molecular weight is 858 g/mol. The van der Waals surface area contributed by atoms with E-state index >= 15 is 0 Å². The largest absolute Gasteiger partial charge is 3.00 e. The number of anilines is 1. The summed E-state index contributed by atoms with van der Waals surface area (Å²) in [6.07, 6.45) is 9.33. The number of fused-ring (bicyclic) bond motifs is 3. The van der Waals surface area contributed by atoms with Gasteiger partial charge in [-0.1, -0.05) is 88.0 Å². The molecule has 260 valence electrons. The molecule has 0 aliphatic carbocycles. The smallest absolute Gasteiger partial charge is 0.411 e. The molecule has 1 aliphatic heterocycles. The van der Waals surface area contributed by atoms with E-state index in [-0.39, 0.29) is 27.1 Å². The monoisotopic (exact) mass is 858 g/mol. The molecular weight excluding hydrogens is 814 g/mol. The van der Waals surface area contributed by atoms with Crippen LogP contribution in [0.25, 0.3) is 33.9 Å². The number of aryl methyl sites for hydroxylation is 2. The second-order valence-electron chi connectivity index (χ2n) is 13.9. The van der Waals surface area contributed by atoms with Crippen molar-refractivity contribution in [2.75, 3.05) is 11.9 Å². The van der Waals surface area contributed by atoms with Crippen LogP contribution in [0.3, 0.4) is 0 Å². The Kier molecular flexibility index (Phi) is 11.1. The first kappa shape index (κ1) is 36.8. The molecule has 3 heterocycles. The second-order valence-corrected chi connectivity index (χ2v) is 13.9. The van der Waals surface area contributed by atoms with Crippen LogP contribution in [0.5, 0.6) is 0 Å². The van der Waals surface area contributed by atoms with Gasteiger partial charge in [0, 0.05) is 23.5 Å². The second kappa shape index (κ2) is 15.7. The Morgan fingerprint density at radius 3 is 2.06 bits per heavy atom. The zero-order chi connectivity index (χ0) is 35.6. The molecule has 0 N–H and O–H groups in total. The number of imidazole rings is 1. The minimum atomic E-state index is 0. The van der Waals surface area contributed by atoms with Crippen molar-refractivity contribution in [2.45, 2.75) is 53.4 Å². The predicted octanol–water partition coefficient (Wildman–Crippen LogP) is 8.93. The van der Waals surface area contributed by atoms with Crippen molar-refractivity contribution in [1.29, 1.82) is 0 Å². The summed E-state index contributed by atoms with van der Waals surface area (Å²) >= 11 is 0. The molecular formula is C45H44BIrN5+. The van der Waals surface area contributed by atoms with Crippen molar-refractivity contribution >= 4 is 18.1 Å². The fraction of sp³-hybridized carbons (Fsp3) is 0.200. The van der Waals surface area contributed by atoms with Crippen LogP contribution < -0.4 is 14.9 Å². The fourth-order valence-corrected chi connectivity index (χ4v) is 7.28. The summed E-state index contributed by atoms with van der Waals surface area (Å²) in [5.41, 5.74) is 13.6. The van der Waals surface area contributed by atoms with E-state index in [2.05, 4.69) is 176 Å². The maximum Gasteiger partial charge on any atom is 3.00 e. The standard InChI is InChI=1S/C27H27N2.C18H17BN3.Ir/c1-19(2)24-17-23(21-11-7-5-8-12-21)18-25(20(3)4)26(24)29-16-15-28-27(29)22-13-9-6-10-14-22;1-14-8-6-9-15(2)18(14)19-20(3)16-10-4-5-11-17(16)21-12-7-13-22(19)21;/h5-13,15-20H,1-4H3;4-10,13H,1-3H3;/q2*-1;+3. The quantitative estimate of drug-likeness (QED) is 0.124. The number of aromatic nitrogens is 4. The molecule has 0 amide bonds. The van der Waals surface area contributed by atoms with Gasteiger partial charge in [0.1, 0.15) is 0 Å². The van der Waals surface area contributed by atoms with Crippen LogP contribution in [0.1, 0.15) is 61.8 Å². The minimum absolute atomic E-state index is 0. The number of hydrogen-bond acceptors (Lipinski definition) is 2. The number of nitrogens with zero attached hydrogens (tertiary/aromatic N) is 5. The van der Waals surface area contributed by atoms with E-state index in [1.807, 2.05) is 42.6 Å². The van der Waals surface area contributed by atoms with E-state index in [1.54, 1.807) is 0 Å². The topological polar surface area (TPSA) is 29.9 Å².